The average molecular weight is 220 g/mol. The third kappa shape index (κ3) is 2.59. The summed E-state index contributed by atoms with van der Waals surface area (Å²) in [5.41, 5.74) is 0.707. The molecule has 0 aliphatic heterocycles. The molecule has 16 heavy (non-hydrogen) atoms. The summed E-state index contributed by atoms with van der Waals surface area (Å²) < 4.78 is 0. The lowest BCUT2D eigenvalue weighted by atomic mass is 9.57. The second-order valence-corrected chi connectivity index (χ2v) is 6.16. The summed E-state index contributed by atoms with van der Waals surface area (Å²) >= 11 is 0. The van der Waals surface area contributed by atoms with Gasteiger partial charge < -0.3 is 0 Å². The van der Waals surface area contributed by atoms with E-state index in [-0.39, 0.29) is 0 Å². The van der Waals surface area contributed by atoms with Crippen molar-refractivity contribution in [3.63, 3.8) is 0 Å². The molecule has 0 aromatic rings. The van der Waals surface area contributed by atoms with E-state index >= 15 is 0 Å². The fourth-order valence-electron chi connectivity index (χ4n) is 2.77. The summed E-state index contributed by atoms with van der Waals surface area (Å²) in [5.74, 6) is 0.647. The largest absolute Gasteiger partial charge is 0.0808 e. The highest BCUT2D eigenvalue weighted by Gasteiger charge is 2.42. The van der Waals surface area contributed by atoms with Gasteiger partial charge in [-0.25, -0.2) is 0 Å². The van der Waals surface area contributed by atoms with Crippen molar-refractivity contribution >= 4 is 0 Å². The predicted octanol–water partition coefficient (Wildman–Crippen LogP) is 5.36. The molecule has 1 rings (SSSR count). The summed E-state index contributed by atoms with van der Waals surface area (Å²) in [6, 6.07) is 0. The Morgan fingerprint density at radius 1 is 1.19 bits per heavy atom. The van der Waals surface area contributed by atoms with Crippen molar-refractivity contribution in [2.45, 2.75) is 60.3 Å². The van der Waals surface area contributed by atoms with E-state index in [1.807, 2.05) is 0 Å². The van der Waals surface area contributed by atoms with Crippen molar-refractivity contribution in [3.8, 4) is 0 Å². The Balaban J connectivity index is 2.72. The lowest BCUT2D eigenvalue weighted by Crippen LogP contribution is -2.39. The third-order valence-electron chi connectivity index (χ3n) is 4.76. The van der Waals surface area contributed by atoms with E-state index < -0.39 is 0 Å². The van der Waals surface area contributed by atoms with Gasteiger partial charge in [0.25, 0.3) is 0 Å². The van der Waals surface area contributed by atoms with Gasteiger partial charge in [-0.15, -0.1) is 0 Å². The first-order valence-corrected chi connectivity index (χ1v) is 6.80. The molecule has 0 nitrogen and oxygen atoms in total. The Labute approximate surface area is 102 Å². The van der Waals surface area contributed by atoms with Gasteiger partial charge in [0.15, 0.2) is 0 Å². The highest BCUT2D eigenvalue weighted by molar-refractivity contribution is 5.21. The minimum atomic E-state index is 0.315. The lowest BCUT2D eigenvalue weighted by Gasteiger charge is -2.47. The zero-order valence-corrected chi connectivity index (χ0v) is 11.7. The van der Waals surface area contributed by atoms with Crippen LogP contribution in [0.5, 0.6) is 0 Å². The molecule has 0 saturated carbocycles. The van der Waals surface area contributed by atoms with Crippen LogP contribution < -0.4 is 0 Å². The Morgan fingerprint density at radius 2 is 1.88 bits per heavy atom. The Hall–Kier alpha value is -0.520. The smallest absolute Gasteiger partial charge is 0.00321 e. The summed E-state index contributed by atoms with van der Waals surface area (Å²) in [7, 11) is 0. The first-order chi connectivity index (χ1) is 7.44. The van der Waals surface area contributed by atoms with Gasteiger partial charge in [-0.3, -0.25) is 0 Å². The molecule has 0 aromatic heterocycles. The van der Waals surface area contributed by atoms with Gasteiger partial charge in [-0.05, 0) is 23.2 Å². The molecule has 0 N–H and O–H groups in total. The van der Waals surface area contributed by atoms with Gasteiger partial charge in [-0.2, -0.15) is 0 Å². The van der Waals surface area contributed by atoms with Crippen LogP contribution in [0.1, 0.15) is 60.3 Å². The fraction of sp³-hybridized carbons (Fsp3) is 0.750. The van der Waals surface area contributed by atoms with Crippen molar-refractivity contribution in [3.05, 3.63) is 24.3 Å². The molecule has 92 valence electrons. The van der Waals surface area contributed by atoms with Crippen LogP contribution in [0, 0.1) is 16.7 Å². The Bertz CT molecular complexity index is 270. The summed E-state index contributed by atoms with van der Waals surface area (Å²) in [5, 5.41) is 0. The molecule has 0 radical (unpaired) electrons. The van der Waals surface area contributed by atoms with Crippen LogP contribution in [-0.2, 0) is 0 Å². The molecule has 2 atom stereocenters. The van der Waals surface area contributed by atoms with Crippen molar-refractivity contribution in [2.75, 3.05) is 0 Å². The molecule has 0 heteroatoms. The highest BCUT2D eigenvalue weighted by Crippen LogP contribution is 2.50. The quantitative estimate of drug-likeness (QED) is 0.547. The molecule has 1 aliphatic rings. The zero-order valence-electron chi connectivity index (χ0n) is 11.7. The molecule has 0 amide bonds. The van der Waals surface area contributed by atoms with Gasteiger partial charge in [0.05, 0.1) is 0 Å². The van der Waals surface area contributed by atoms with Gasteiger partial charge >= 0.3 is 0 Å². The summed E-state index contributed by atoms with van der Waals surface area (Å²) in [6.45, 7) is 11.9. The average Bonchev–Trinajstić information content (AvgIpc) is 2.22. The van der Waals surface area contributed by atoms with Crippen LogP contribution in [0.4, 0.5) is 0 Å². The van der Waals surface area contributed by atoms with Crippen molar-refractivity contribution in [2.24, 2.45) is 16.7 Å². The number of allylic oxidation sites excluding steroid dienone is 4. The lowest BCUT2D eigenvalue weighted by molar-refractivity contribution is 0.0867. The molecule has 0 aromatic carbocycles. The van der Waals surface area contributed by atoms with Gasteiger partial charge in [0.1, 0.15) is 0 Å². The topological polar surface area (TPSA) is 0 Å². The van der Waals surface area contributed by atoms with Crippen LogP contribution in [0.25, 0.3) is 0 Å². The van der Waals surface area contributed by atoms with E-state index in [0.717, 1.165) is 0 Å². The van der Waals surface area contributed by atoms with Gasteiger partial charge in [0, 0.05) is 0 Å². The molecular weight excluding hydrogens is 192 g/mol. The van der Waals surface area contributed by atoms with Crippen LogP contribution in [0.2, 0.25) is 0 Å². The van der Waals surface area contributed by atoms with E-state index in [2.05, 4.69) is 58.9 Å². The van der Waals surface area contributed by atoms with Crippen LogP contribution in [-0.4, -0.2) is 0 Å². The molecule has 0 saturated heterocycles. The van der Waals surface area contributed by atoms with Crippen LogP contribution in [0.15, 0.2) is 24.3 Å². The maximum Gasteiger partial charge on any atom is -0.00321 e. The number of hydrogen-bond acceptors (Lipinski definition) is 0. The van der Waals surface area contributed by atoms with Crippen molar-refractivity contribution < 1.29 is 0 Å². The maximum atomic E-state index is 2.43. The van der Waals surface area contributed by atoms with E-state index in [1.165, 1.54) is 25.7 Å². The van der Waals surface area contributed by atoms with Crippen LogP contribution >= 0.6 is 0 Å². The van der Waals surface area contributed by atoms with Crippen molar-refractivity contribution in [1.29, 1.82) is 0 Å². The predicted molar refractivity (Wildman–Crippen MR) is 73.5 cm³/mol. The zero-order chi connectivity index (χ0) is 12.2. The van der Waals surface area contributed by atoms with E-state index in [4.69, 9.17) is 0 Å². The van der Waals surface area contributed by atoms with Crippen molar-refractivity contribution in [1.82, 2.24) is 0 Å². The number of unbranched alkanes of at least 4 members (excludes halogenated alkanes) is 2. The second kappa shape index (κ2) is 5.21. The van der Waals surface area contributed by atoms with E-state index in [0.29, 0.717) is 16.7 Å². The first kappa shape index (κ1) is 13.5. The second-order valence-electron chi connectivity index (χ2n) is 6.16. The SMILES string of the molecule is CCCCCC(C)(C)C1(C)C=CC=CC1C. The van der Waals surface area contributed by atoms with E-state index in [1.54, 1.807) is 0 Å². The monoisotopic (exact) mass is 220 g/mol. The van der Waals surface area contributed by atoms with Gasteiger partial charge in [-0.1, -0.05) is 78.2 Å². The van der Waals surface area contributed by atoms with Crippen LogP contribution in [0.3, 0.4) is 0 Å². The Morgan fingerprint density at radius 3 is 2.44 bits per heavy atom. The molecule has 0 bridgehead atoms. The first-order valence-electron chi connectivity index (χ1n) is 6.80. The normalized spacial score (nSPS) is 29.7. The number of hydrogen-bond donors (Lipinski definition) is 0. The van der Waals surface area contributed by atoms with E-state index in [9.17, 15) is 0 Å². The van der Waals surface area contributed by atoms with Gasteiger partial charge in [0.2, 0.25) is 0 Å². The maximum absolute atomic E-state index is 2.43. The molecule has 0 spiro atoms. The number of rotatable bonds is 5. The summed E-state index contributed by atoms with van der Waals surface area (Å²) in [4.78, 5) is 0. The molecule has 1 aliphatic carbocycles. The minimum absolute atomic E-state index is 0.315. The molecule has 0 fully saturated rings. The molecular formula is C16H28. The fourth-order valence-corrected chi connectivity index (χ4v) is 2.77. The standard InChI is InChI=1S/C16H28/c1-6-7-9-12-15(3,4)16(5)13-10-8-11-14(16)2/h8,10-11,13-14H,6-7,9,12H2,1-5H3. The summed E-state index contributed by atoms with van der Waals surface area (Å²) in [6.07, 6.45) is 14.6. The molecule has 0 heterocycles. The third-order valence-corrected chi connectivity index (χ3v) is 4.76. The molecule has 2 unspecified atom stereocenters. The minimum Gasteiger partial charge on any atom is -0.0808 e. The Kier molecular flexibility index (Phi) is 4.41. The highest BCUT2D eigenvalue weighted by atomic mass is 14.5.